The van der Waals surface area contributed by atoms with Crippen molar-refractivity contribution in [2.24, 2.45) is 0 Å². The number of urea groups is 1. The number of rotatable bonds is 6. The van der Waals surface area contributed by atoms with Crippen molar-refractivity contribution in [1.29, 1.82) is 0 Å². The standard InChI is InChI=1S/C17H16F2N6O2/c1-2-20-17(26)25-13-7-6-12-15(23-13)24-14(9-21-12)22-10-4-3-5-11(8-10)27-16(18)19/h3-9,16H,2H2,1H3,(H3,20,22,23,24,25,26). The van der Waals surface area contributed by atoms with E-state index in [1.54, 1.807) is 31.2 Å². The van der Waals surface area contributed by atoms with E-state index in [1.807, 2.05) is 0 Å². The predicted octanol–water partition coefficient (Wildman–Crippen LogP) is 3.51. The van der Waals surface area contributed by atoms with Crippen molar-refractivity contribution in [3.63, 3.8) is 0 Å². The van der Waals surface area contributed by atoms with Crippen LogP contribution in [0.1, 0.15) is 6.92 Å². The first-order chi connectivity index (χ1) is 13.0. The van der Waals surface area contributed by atoms with E-state index in [9.17, 15) is 13.6 Å². The summed E-state index contributed by atoms with van der Waals surface area (Å²) < 4.78 is 29.0. The fraction of sp³-hybridized carbons (Fsp3) is 0.176. The highest BCUT2D eigenvalue weighted by Gasteiger charge is 2.08. The van der Waals surface area contributed by atoms with Gasteiger partial charge < -0.3 is 15.4 Å². The van der Waals surface area contributed by atoms with Crippen molar-refractivity contribution in [2.75, 3.05) is 17.2 Å². The van der Waals surface area contributed by atoms with E-state index in [0.717, 1.165) is 0 Å². The largest absolute Gasteiger partial charge is 0.435 e. The molecule has 3 aromatic rings. The molecule has 2 aromatic heterocycles. The average molecular weight is 374 g/mol. The second-order valence-electron chi connectivity index (χ2n) is 5.31. The summed E-state index contributed by atoms with van der Waals surface area (Å²) in [6.07, 6.45) is 1.49. The summed E-state index contributed by atoms with van der Waals surface area (Å²) in [7, 11) is 0. The molecule has 8 nitrogen and oxygen atoms in total. The Morgan fingerprint density at radius 2 is 2.00 bits per heavy atom. The topological polar surface area (TPSA) is 101 Å². The van der Waals surface area contributed by atoms with Gasteiger partial charge in [0.25, 0.3) is 0 Å². The number of nitrogens with one attached hydrogen (secondary N) is 3. The molecular weight excluding hydrogens is 358 g/mol. The number of nitrogens with zero attached hydrogens (tertiary/aromatic N) is 3. The lowest BCUT2D eigenvalue weighted by atomic mass is 10.3. The van der Waals surface area contributed by atoms with Gasteiger partial charge in [0.05, 0.1) is 6.20 Å². The Labute approximate surface area is 153 Å². The summed E-state index contributed by atoms with van der Waals surface area (Å²) in [5.74, 6) is 0.710. The Bertz CT molecular complexity index is 954. The molecule has 0 aliphatic rings. The summed E-state index contributed by atoms with van der Waals surface area (Å²) in [6, 6.07) is 9.00. The Hall–Kier alpha value is -3.56. The van der Waals surface area contributed by atoms with E-state index in [4.69, 9.17) is 0 Å². The lowest BCUT2D eigenvalue weighted by molar-refractivity contribution is -0.0498. The smallest absolute Gasteiger partial charge is 0.387 e. The molecule has 0 unspecified atom stereocenters. The van der Waals surface area contributed by atoms with Crippen LogP contribution in [0.15, 0.2) is 42.6 Å². The van der Waals surface area contributed by atoms with E-state index in [1.165, 1.54) is 18.3 Å². The van der Waals surface area contributed by atoms with Crippen molar-refractivity contribution in [3.05, 3.63) is 42.6 Å². The van der Waals surface area contributed by atoms with Crippen molar-refractivity contribution in [2.45, 2.75) is 13.5 Å². The van der Waals surface area contributed by atoms with Crippen LogP contribution in [-0.4, -0.2) is 34.1 Å². The number of ether oxygens (including phenoxy) is 1. The molecule has 0 spiro atoms. The van der Waals surface area contributed by atoms with Gasteiger partial charge in [-0.25, -0.2) is 19.7 Å². The van der Waals surface area contributed by atoms with Crippen LogP contribution in [0.3, 0.4) is 0 Å². The number of amides is 2. The highest BCUT2D eigenvalue weighted by atomic mass is 19.3. The van der Waals surface area contributed by atoms with Crippen LogP contribution in [0.5, 0.6) is 5.75 Å². The minimum Gasteiger partial charge on any atom is -0.435 e. The van der Waals surface area contributed by atoms with E-state index >= 15 is 0 Å². The lowest BCUT2D eigenvalue weighted by Gasteiger charge is -2.09. The number of hydrogen-bond acceptors (Lipinski definition) is 6. The first-order valence-corrected chi connectivity index (χ1v) is 8.04. The minimum absolute atomic E-state index is 0.0234. The van der Waals surface area contributed by atoms with E-state index in [-0.39, 0.29) is 11.8 Å². The molecule has 0 fully saturated rings. The van der Waals surface area contributed by atoms with Crippen LogP contribution in [0.2, 0.25) is 0 Å². The van der Waals surface area contributed by atoms with Crippen LogP contribution in [-0.2, 0) is 0 Å². The van der Waals surface area contributed by atoms with Crippen molar-refractivity contribution < 1.29 is 18.3 Å². The highest BCUT2D eigenvalue weighted by molar-refractivity contribution is 5.89. The third-order valence-corrected chi connectivity index (χ3v) is 3.32. The summed E-state index contributed by atoms with van der Waals surface area (Å²) in [4.78, 5) is 24.4. The maximum Gasteiger partial charge on any atom is 0.387 e. The monoisotopic (exact) mass is 374 g/mol. The number of anilines is 3. The lowest BCUT2D eigenvalue weighted by Crippen LogP contribution is -2.28. The number of benzene rings is 1. The van der Waals surface area contributed by atoms with Gasteiger partial charge in [-0.2, -0.15) is 8.78 Å². The minimum atomic E-state index is -2.90. The van der Waals surface area contributed by atoms with Gasteiger partial charge in [0.1, 0.15) is 17.1 Å². The molecule has 3 N–H and O–H groups in total. The van der Waals surface area contributed by atoms with Gasteiger partial charge in [0.15, 0.2) is 11.5 Å². The van der Waals surface area contributed by atoms with Gasteiger partial charge in [-0.3, -0.25) is 5.32 Å². The molecule has 0 atom stereocenters. The molecule has 0 saturated heterocycles. The Balaban J connectivity index is 1.80. The van der Waals surface area contributed by atoms with Crippen LogP contribution in [0.4, 0.5) is 30.9 Å². The molecule has 0 saturated carbocycles. The molecule has 140 valence electrons. The number of carbonyl (C=O) groups excluding carboxylic acids is 1. The maximum atomic E-state index is 12.3. The molecule has 0 bridgehead atoms. The van der Waals surface area contributed by atoms with Gasteiger partial charge in [0.2, 0.25) is 0 Å². The van der Waals surface area contributed by atoms with Gasteiger partial charge in [-0.1, -0.05) is 6.07 Å². The molecule has 0 aliphatic carbocycles. The zero-order valence-corrected chi connectivity index (χ0v) is 14.2. The molecule has 1 aromatic carbocycles. The summed E-state index contributed by atoms with van der Waals surface area (Å²) >= 11 is 0. The van der Waals surface area contributed by atoms with Gasteiger partial charge in [0, 0.05) is 18.3 Å². The summed E-state index contributed by atoms with van der Waals surface area (Å²) in [6.45, 7) is -0.611. The maximum absolute atomic E-state index is 12.3. The molecule has 2 heterocycles. The van der Waals surface area contributed by atoms with E-state index in [0.29, 0.717) is 35.0 Å². The Morgan fingerprint density at radius 3 is 2.78 bits per heavy atom. The second-order valence-corrected chi connectivity index (χ2v) is 5.31. The average Bonchev–Trinajstić information content (AvgIpc) is 2.61. The zero-order chi connectivity index (χ0) is 19.2. The number of alkyl halides is 2. The number of aromatic nitrogens is 3. The SMILES string of the molecule is CCNC(=O)Nc1ccc2ncc(Nc3cccc(OC(F)F)c3)nc2n1. The van der Waals surface area contributed by atoms with E-state index in [2.05, 4.69) is 35.6 Å². The third kappa shape index (κ3) is 4.97. The predicted molar refractivity (Wildman–Crippen MR) is 96.4 cm³/mol. The van der Waals surface area contributed by atoms with Gasteiger partial charge >= 0.3 is 12.6 Å². The first-order valence-electron chi connectivity index (χ1n) is 8.04. The highest BCUT2D eigenvalue weighted by Crippen LogP contribution is 2.22. The molecule has 10 heteroatoms. The Morgan fingerprint density at radius 1 is 1.19 bits per heavy atom. The molecule has 2 amide bonds. The van der Waals surface area contributed by atoms with E-state index < -0.39 is 6.61 Å². The molecule has 3 rings (SSSR count). The molecular formula is C17H16F2N6O2. The normalized spacial score (nSPS) is 10.7. The number of carbonyl (C=O) groups is 1. The molecule has 27 heavy (non-hydrogen) atoms. The van der Waals surface area contributed by atoms with Crippen LogP contribution >= 0.6 is 0 Å². The quantitative estimate of drug-likeness (QED) is 0.610. The number of hydrogen-bond donors (Lipinski definition) is 3. The fourth-order valence-electron chi connectivity index (χ4n) is 2.25. The molecule has 0 aliphatic heterocycles. The summed E-state index contributed by atoms with van der Waals surface area (Å²) in [5, 5.41) is 8.15. The number of pyridine rings is 1. The third-order valence-electron chi connectivity index (χ3n) is 3.32. The fourth-order valence-corrected chi connectivity index (χ4v) is 2.25. The van der Waals surface area contributed by atoms with Crippen molar-refractivity contribution in [1.82, 2.24) is 20.3 Å². The second kappa shape index (κ2) is 8.21. The summed E-state index contributed by atoms with van der Waals surface area (Å²) in [5.41, 5.74) is 1.35. The van der Waals surface area contributed by atoms with Gasteiger partial charge in [-0.05, 0) is 31.2 Å². The first kappa shape index (κ1) is 18.2. The van der Waals surface area contributed by atoms with Crippen LogP contribution < -0.4 is 20.7 Å². The van der Waals surface area contributed by atoms with Crippen molar-refractivity contribution in [3.8, 4) is 5.75 Å². The van der Waals surface area contributed by atoms with Crippen molar-refractivity contribution >= 4 is 34.5 Å². The van der Waals surface area contributed by atoms with Crippen LogP contribution in [0, 0.1) is 0 Å². The van der Waals surface area contributed by atoms with Gasteiger partial charge in [-0.15, -0.1) is 0 Å². The number of halogens is 2. The van der Waals surface area contributed by atoms with Crippen LogP contribution in [0.25, 0.3) is 11.2 Å². The molecule has 0 radical (unpaired) electrons. The number of fused-ring (bicyclic) bond motifs is 1. The zero-order valence-electron chi connectivity index (χ0n) is 14.2. The Kier molecular flexibility index (Phi) is 5.55.